The minimum absolute atomic E-state index is 0.502. The van der Waals surface area contributed by atoms with Gasteiger partial charge in [-0.2, -0.15) is 0 Å². The van der Waals surface area contributed by atoms with E-state index in [2.05, 4.69) is 54.8 Å². The van der Waals surface area contributed by atoms with E-state index >= 15 is 0 Å². The number of anilines is 1. The minimum Gasteiger partial charge on any atom is -0.369 e. The molecule has 3 nitrogen and oxygen atoms in total. The van der Waals surface area contributed by atoms with E-state index in [9.17, 15) is 0 Å². The number of piperazine rings is 1. The van der Waals surface area contributed by atoms with Crippen molar-refractivity contribution in [2.45, 2.75) is 32.7 Å². The van der Waals surface area contributed by atoms with E-state index in [1.807, 2.05) is 0 Å². The topological polar surface area (TPSA) is 32.5 Å². The van der Waals surface area contributed by atoms with Gasteiger partial charge in [-0.1, -0.05) is 32.0 Å². The molecule has 1 saturated heterocycles. The predicted molar refractivity (Wildman–Crippen MR) is 82.8 cm³/mol. The van der Waals surface area contributed by atoms with Crippen molar-refractivity contribution < 1.29 is 0 Å². The van der Waals surface area contributed by atoms with Crippen LogP contribution in [0.25, 0.3) is 0 Å². The third-order valence-corrected chi connectivity index (χ3v) is 4.18. The zero-order valence-electron chi connectivity index (χ0n) is 12.5. The Bertz CT molecular complexity index is 395. The van der Waals surface area contributed by atoms with E-state index in [1.54, 1.807) is 0 Å². The van der Waals surface area contributed by atoms with Crippen molar-refractivity contribution in [3.63, 3.8) is 0 Å². The Morgan fingerprint density at radius 3 is 2.26 bits per heavy atom. The molecular formula is C16H27N3. The summed E-state index contributed by atoms with van der Waals surface area (Å²) in [6.07, 6.45) is 0. The Kier molecular flexibility index (Phi) is 4.83. The van der Waals surface area contributed by atoms with Crippen molar-refractivity contribution in [2.24, 2.45) is 5.73 Å². The molecule has 19 heavy (non-hydrogen) atoms. The molecule has 0 bridgehead atoms. The van der Waals surface area contributed by atoms with Gasteiger partial charge in [-0.25, -0.2) is 0 Å². The highest BCUT2D eigenvalue weighted by atomic mass is 15.3. The first-order valence-electron chi connectivity index (χ1n) is 7.41. The molecule has 1 unspecified atom stereocenters. The maximum atomic E-state index is 5.76. The molecule has 1 atom stereocenters. The molecule has 106 valence electrons. The molecule has 2 N–H and O–H groups in total. The van der Waals surface area contributed by atoms with Crippen LogP contribution >= 0.6 is 0 Å². The van der Waals surface area contributed by atoms with E-state index in [4.69, 9.17) is 5.73 Å². The molecule has 1 aromatic rings. The molecule has 0 amide bonds. The summed E-state index contributed by atoms with van der Waals surface area (Å²) in [6, 6.07) is 9.32. The number of nitrogens with zero attached hydrogens (tertiary/aromatic N) is 2. The molecule has 0 aliphatic carbocycles. The summed E-state index contributed by atoms with van der Waals surface area (Å²) in [7, 11) is 0. The summed E-state index contributed by atoms with van der Waals surface area (Å²) in [4.78, 5) is 5.02. The number of rotatable bonds is 4. The standard InChI is InChI=1S/C16H27N3/c1-13(2)15-6-4-5-7-16(15)19-10-8-18(9-11-19)14(3)12-17/h4-7,13-14H,8-12,17H2,1-3H3. The first-order chi connectivity index (χ1) is 9.13. The summed E-state index contributed by atoms with van der Waals surface area (Å²) in [5.74, 6) is 0.581. The first kappa shape index (κ1) is 14.4. The zero-order valence-corrected chi connectivity index (χ0v) is 12.5. The number of nitrogens with two attached hydrogens (primary N) is 1. The number of para-hydroxylation sites is 1. The van der Waals surface area contributed by atoms with E-state index in [1.165, 1.54) is 11.3 Å². The molecule has 3 heteroatoms. The van der Waals surface area contributed by atoms with Gasteiger partial charge in [0.1, 0.15) is 0 Å². The normalized spacial score (nSPS) is 18.9. The quantitative estimate of drug-likeness (QED) is 0.902. The average molecular weight is 261 g/mol. The molecule has 1 fully saturated rings. The second-order valence-electron chi connectivity index (χ2n) is 5.82. The number of hydrogen-bond acceptors (Lipinski definition) is 3. The van der Waals surface area contributed by atoms with Crippen LogP contribution in [0.3, 0.4) is 0 Å². The molecule has 2 rings (SSSR count). The molecule has 0 aromatic heterocycles. The van der Waals surface area contributed by atoms with Crippen molar-refractivity contribution >= 4 is 5.69 Å². The number of benzene rings is 1. The smallest absolute Gasteiger partial charge is 0.0402 e. The Hall–Kier alpha value is -1.06. The van der Waals surface area contributed by atoms with Crippen molar-refractivity contribution in [3.05, 3.63) is 29.8 Å². The Morgan fingerprint density at radius 2 is 1.68 bits per heavy atom. The summed E-state index contributed by atoms with van der Waals surface area (Å²) in [6.45, 7) is 12.0. The van der Waals surface area contributed by atoms with Gasteiger partial charge >= 0.3 is 0 Å². The monoisotopic (exact) mass is 261 g/mol. The lowest BCUT2D eigenvalue weighted by molar-refractivity contribution is 0.201. The molecular weight excluding hydrogens is 234 g/mol. The first-order valence-corrected chi connectivity index (χ1v) is 7.41. The highest BCUT2D eigenvalue weighted by molar-refractivity contribution is 5.55. The largest absolute Gasteiger partial charge is 0.369 e. The van der Waals surface area contributed by atoms with Crippen LogP contribution in [0, 0.1) is 0 Å². The Labute approximate surface area is 117 Å². The van der Waals surface area contributed by atoms with Crippen molar-refractivity contribution in [2.75, 3.05) is 37.6 Å². The summed E-state index contributed by atoms with van der Waals surface area (Å²) in [5.41, 5.74) is 8.63. The van der Waals surface area contributed by atoms with Gasteiger partial charge in [0, 0.05) is 44.5 Å². The van der Waals surface area contributed by atoms with Crippen LogP contribution in [0.2, 0.25) is 0 Å². The zero-order chi connectivity index (χ0) is 13.8. The van der Waals surface area contributed by atoms with Gasteiger partial charge in [0.05, 0.1) is 0 Å². The maximum Gasteiger partial charge on any atom is 0.0402 e. The van der Waals surface area contributed by atoms with Gasteiger partial charge in [0.15, 0.2) is 0 Å². The van der Waals surface area contributed by atoms with Crippen LogP contribution in [-0.2, 0) is 0 Å². The van der Waals surface area contributed by atoms with Gasteiger partial charge in [-0.3, -0.25) is 4.90 Å². The van der Waals surface area contributed by atoms with Crippen molar-refractivity contribution in [3.8, 4) is 0 Å². The molecule has 1 aliphatic rings. The summed E-state index contributed by atoms with van der Waals surface area (Å²) in [5, 5.41) is 0. The predicted octanol–water partition coefficient (Wildman–Crippen LogP) is 2.28. The fourth-order valence-corrected chi connectivity index (χ4v) is 2.82. The van der Waals surface area contributed by atoms with Crippen LogP contribution in [0.15, 0.2) is 24.3 Å². The lowest BCUT2D eigenvalue weighted by Crippen LogP contribution is -2.51. The van der Waals surface area contributed by atoms with Crippen LogP contribution in [0.5, 0.6) is 0 Å². The average Bonchev–Trinajstić information content (AvgIpc) is 2.46. The van der Waals surface area contributed by atoms with Crippen molar-refractivity contribution in [1.29, 1.82) is 0 Å². The third kappa shape index (κ3) is 3.28. The van der Waals surface area contributed by atoms with Gasteiger partial charge in [0.2, 0.25) is 0 Å². The number of hydrogen-bond donors (Lipinski definition) is 1. The molecule has 0 radical (unpaired) electrons. The van der Waals surface area contributed by atoms with Gasteiger partial charge in [0.25, 0.3) is 0 Å². The highest BCUT2D eigenvalue weighted by Gasteiger charge is 2.22. The Morgan fingerprint density at radius 1 is 1.05 bits per heavy atom. The van der Waals surface area contributed by atoms with Crippen LogP contribution in [0.4, 0.5) is 5.69 Å². The molecule has 0 spiro atoms. The maximum absolute atomic E-state index is 5.76. The second kappa shape index (κ2) is 6.40. The van der Waals surface area contributed by atoms with Crippen LogP contribution in [0.1, 0.15) is 32.3 Å². The summed E-state index contributed by atoms with van der Waals surface area (Å²) < 4.78 is 0. The van der Waals surface area contributed by atoms with Gasteiger partial charge in [-0.05, 0) is 24.5 Å². The Balaban J connectivity index is 2.06. The molecule has 1 heterocycles. The molecule has 0 saturated carbocycles. The minimum atomic E-state index is 0.502. The molecule has 1 aliphatic heterocycles. The fourth-order valence-electron chi connectivity index (χ4n) is 2.82. The van der Waals surface area contributed by atoms with Gasteiger partial charge < -0.3 is 10.6 Å². The van der Waals surface area contributed by atoms with Crippen LogP contribution < -0.4 is 10.6 Å². The van der Waals surface area contributed by atoms with Crippen molar-refractivity contribution in [1.82, 2.24) is 4.90 Å². The van der Waals surface area contributed by atoms with E-state index in [0.29, 0.717) is 12.0 Å². The lowest BCUT2D eigenvalue weighted by Gasteiger charge is -2.39. The SMILES string of the molecule is CC(C)c1ccccc1N1CCN(C(C)CN)CC1. The second-order valence-corrected chi connectivity index (χ2v) is 5.82. The molecule has 1 aromatic carbocycles. The van der Waals surface area contributed by atoms with Crippen LogP contribution in [-0.4, -0.2) is 43.7 Å². The lowest BCUT2D eigenvalue weighted by atomic mass is 10.00. The van der Waals surface area contributed by atoms with Gasteiger partial charge in [-0.15, -0.1) is 0 Å². The van der Waals surface area contributed by atoms with E-state index < -0.39 is 0 Å². The van der Waals surface area contributed by atoms with E-state index in [-0.39, 0.29) is 0 Å². The third-order valence-electron chi connectivity index (χ3n) is 4.18. The summed E-state index contributed by atoms with van der Waals surface area (Å²) >= 11 is 0. The van der Waals surface area contributed by atoms with E-state index in [0.717, 1.165) is 32.7 Å². The fraction of sp³-hybridized carbons (Fsp3) is 0.625. The highest BCUT2D eigenvalue weighted by Crippen LogP contribution is 2.28.